The number of benzene rings is 3. The van der Waals surface area contributed by atoms with Gasteiger partial charge in [0.1, 0.15) is 6.04 Å². The Balaban J connectivity index is 1.43. The zero-order valence-electron chi connectivity index (χ0n) is 18.1. The highest BCUT2D eigenvalue weighted by molar-refractivity contribution is 7.99. The normalized spacial score (nSPS) is 15.1. The van der Waals surface area contributed by atoms with Crippen LogP contribution in [0.2, 0.25) is 0 Å². The van der Waals surface area contributed by atoms with Crippen molar-refractivity contribution in [1.29, 1.82) is 0 Å². The van der Waals surface area contributed by atoms with Crippen molar-refractivity contribution in [2.75, 3.05) is 27.6 Å². The molecule has 0 aromatic heterocycles. The average Bonchev–Trinajstić information content (AvgIpc) is 3.32. The topological polar surface area (TPSA) is 90.5 Å². The molecule has 1 saturated heterocycles. The minimum atomic E-state index is -0.569. The number of hydrogen-bond acceptors (Lipinski definition) is 4. The van der Waals surface area contributed by atoms with Crippen molar-refractivity contribution in [3.05, 3.63) is 90.0 Å². The van der Waals surface area contributed by atoms with Crippen molar-refractivity contribution in [1.82, 2.24) is 4.90 Å². The molecule has 4 rings (SSSR count). The molecule has 1 atom stereocenters. The number of carbonyl (C=O) groups excluding carboxylic acids is 3. The minimum Gasteiger partial charge on any atom is -0.324 e. The Morgan fingerprint density at radius 3 is 2.24 bits per heavy atom. The zero-order chi connectivity index (χ0) is 23.2. The van der Waals surface area contributed by atoms with E-state index in [-0.39, 0.29) is 17.8 Å². The van der Waals surface area contributed by atoms with Crippen molar-refractivity contribution in [3.63, 3.8) is 0 Å². The monoisotopic (exact) mass is 460 g/mol. The molecule has 0 aliphatic carbocycles. The lowest BCUT2D eigenvalue weighted by molar-refractivity contribution is -0.119. The zero-order valence-corrected chi connectivity index (χ0v) is 18.9. The lowest BCUT2D eigenvalue weighted by Crippen LogP contribution is -2.44. The van der Waals surface area contributed by atoms with Crippen LogP contribution < -0.4 is 16.0 Å². The van der Waals surface area contributed by atoms with E-state index in [1.165, 1.54) is 0 Å². The van der Waals surface area contributed by atoms with Gasteiger partial charge in [-0.25, -0.2) is 4.79 Å². The summed E-state index contributed by atoms with van der Waals surface area (Å²) in [7, 11) is 0. The first kappa shape index (κ1) is 22.4. The van der Waals surface area contributed by atoms with Gasteiger partial charge in [0.15, 0.2) is 0 Å². The van der Waals surface area contributed by atoms with Gasteiger partial charge in [-0.05, 0) is 48.9 Å². The summed E-state index contributed by atoms with van der Waals surface area (Å²) in [6.07, 6.45) is 0. The van der Waals surface area contributed by atoms with Crippen molar-refractivity contribution >= 4 is 46.7 Å². The molecule has 1 heterocycles. The number of nitrogens with zero attached hydrogens (tertiary/aromatic N) is 1. The molecule has 33 heavy (non-hydrogen) atoms. The van der Waals surface area contributed by atoms with Gasteiger partial charge in [-0.3, -0.25) is 9.59 Å². The highest BCUT2D eigenvalue weighted by Crippen LogP contribution is 2.26. The van der Waals surface area contributed by atoms with Crippen LogP contribution in [-0.4, -0.2) is 40.4 Å². The summed E-state index contributed by atoms with van der Waals surface area (Å²) in [5.41, 5.74) is 3.22. The number of thioether (sulfide) groups is 1. The minimum absolute atomic E-state index is 0.162. The second-order valence-electron chi connectivity index (χ2n) is 7.62. The number of rotatable bonds is 5. The summed E-state index contributed by atoms with van der Waals surface area (Å²) in [6.45, 7) is 1.87. The Kier molecular flexibility index (Phi) is 6.95. The van der Waals surface area contributed by atoms with Crippen molar-refractivity contribution in [2.24, 2.45) is 0 Å². The number of carbonyl (C=O) groups is 3. The molecule has 1 fully saturated rings. The fourth-order valence-electron chi connectivity index (χ4n) is 3.47. The Labute approximate surface area is 196 Å². The molecule has 8 heteroatoms. The third kappa shape index (κ3) is 5.53. The van der Waals surface area contributed by atoms with Crippen LogP contribution in [0, 0.1) is 6.92 Å². The van der Waals surface area contributed by atoms with E-state index in [1.54, 1.807) is 65.2 Å². The van der Waals surface area contributed by atoms with Crippen molar-refractivity contribution < 1.29 is 14.4 Å². The second kappa shape index (κ2) is 10.2. The molecule has 0 bridgehead atoms. The maximum atomic E-state index is 13.1. The first-order valence-electron chi connectivity index (χ1n) is 10.5. The molecule has 0 unspecified atom stereocenters. The Bertz CT molecular complexity index is 1150. The first-order valence-corrected chi connectivity index (χ1v) is 11.6. The molecule has 0 saturated carbocycles. The van der Waals surface area contributed by atoms with Crippen LogP contribution in [0.1, 0.15) is 15.9 Å². The van der Waals surface area contributed by atoms with Gasteiger partial charge in [-0.1, -0.05) is 42.5 Å². The molecular weight excluding hydrogens is 436 g/mol. The van der Waals surface area contributed by atoms with Crippen LogP contribution in [0.15, 0.2) is 78.9 Å². The fourth-order valence-corrected chi connectivity index (χ4v) is 4.63. The molecule has 3 N–H and O–H groups in total. The van der Waals surface area contributed by atoms with Gasteiger partial charge in [-0.15, -0.1) is 11.8 Å². The summed E-state index contributed by atoms with van der Waals surface area (Å²) < 4.78 is 0. The third-order valence-electron chi connectivity index (χ3n) is 5.25. The SMILES string of the molecule is Cc1ccc(NC(=O)Nc2ccccc2)cc1NC(=O)[C@@H]1CSCN1C(=O)c1ccccc1. The van der Waals surface area contributed by atoms with Crippen molar-refractivity contribution in [2.45, 2.75) is 13.0 Å². The smallest absolute Gasteiger partial charge is 0.323 e. The molecule has 1 aliphatic rings. The summed E-state index contributed by atoms with van der Waals surface area (Å²) in [5, 5.41) is 8.47. The predicted molar refractivity (Wildman–Crippen MR) is 133 cm³/mol. The molecule has 168 valence electrons. The number of para-hydroxylation sites is 1. The van der Waals surface area contributed by atoms with Gasteiger partial charge >= 0.3 is 6.03 Å². The standard InChI is InChI=1S/C25H24N4O3S/c1-17-12-13-20(27-25(32)26-19-10-6-3-7-11-19)14-21(17)28-23(30)22-15-33-16-29(22)24(31)18-8-4-2-5-9-18/h2-14,22H,15-16H2,1H3,(H,28,30)(H2,26,27,32)/t22-/m0/s1. The maximum Gasteiger partial charge on any atom is 0.323 e. The van der Waals surface area contributed by atoms with E-state index in [2.05, 4.69) is 16.0 Å². The number of anilines is 3. The number of amides is 4. The van der Waals surface area contributed by atoms with Crippen LogP contribution >= 0.6 is 11.8 Å². The maximum absolute atomic E-state index is 13.1. The molecule has 0 radical (unpaired) electrons. The molecule has 0 spiro atoms. The summed E-state index contributed by atoms with van der Waals surface area (Å²) in [5.74, 6) is 0.580. The van der Waals surface area contributed by atoms with Crippen molar-refractivity contribution in [3.8, 4) is 0 Å². The number of aryl methyl sites for hydroxylation is 1. The predicted octanol–water partition coefficient (Wildman–Crippen LogP) is 4.79. The van der Waals surface area contributed by atoms with Gasteiger partial charge in [0, 0.05) is 28.4 Å². The van der Waals surface area contributed by atoms with Gasteiger partial charge in [0.05, 0.1) is 5.88 Å². The molecule has 4 amide bonds. The van der Waals surface area contributed by atoms with Gasteiger partial charge < -0.3 is 20.9 Å². The van der Waals surface area contributed by atoms with Crippen LogP contribution in [0.5, 0.6) is 0 Å². The Morgan fingerprint density at radius 1 is 0.848 bits per heavy atom. The van der Waals surface area contributed by atoms with Gasteiger partial charge in [0.25, 0.3) is 5.91 Å². The largest absolute Gasteiger partial charge is 0.324 e. The third-order valence-corrected chi connectivity index (χ3v) is 6.26. The van der Waals surface area contributed by atoms with Gasteiger partial charge in [0.2, 0.25) is 5.91 Å². The molecule has 3 aromatic carbocycles. The lowest BCUT2D eigenvalue weighted by Gasteiger charge is -2.23. The van der Waals surface area contributed by atoms with E-state index < -0.39 is 6.04 Å². The van der Waals surface area contributed by atoms with E-state index in [9.17, 15) is 14.4 Å². The highest BCUT2D eigenvalue weighted by Gasteiger charge is 2.35. The van der Waals surface area contributed by atoms with Crippen LogP contribution in [0.25, 0.3) is 0 Å². The lowest BCUT2D eigenvalue weighted by atomic mass is 10.1. The molecule has 3 aromatic rings. The van der Waals surface area contributed by atoms with E-state index >= 15 is 0 Å². The Hall–Kier alpha value is -3.78. The van der Waals surface area contributed by atoms with Crippen LogP contribution in [-0.2, 0) is 4.79 Å². The average molecular weight is 461 g/mol. The first-order chi connectivity index (χ1) is 16.0. The van der Waals surface area contributed by atoms with Gasteiger partial charge in [-0.2, -0.15) is 0 Å². The molecular formula is C25H24N4O3S. The van der Waals surface area contributed by atoms with Crippen LogP contribution in [0.3, 0.4) is 0 Å². The summed E-state index contributed by atoms with van der Waals surface area (Å²) in [4.78, 5) is 39.9. The number of hydrogen-bond donors (Lipinski definition) is 3. The summed E-state index contributed by atoms with van der Waals surface area (Å²) >= 11 is 1.55. The van der Waals surface area contributed by atoms with E-state index in [4.69, 9.17) is 0 Å². The second-order valence-corrected chi connectivity index (χ2v) is 8.62. The fraction of sp³-hybridized carbons (Fsp3) is 0.160. The molecule has 7 nitrogen and oxygen atoms in total. The number of nitrogens with one attached hydrogen (secondary N) is 3. The Morgan fingerprint density at radius 2 is 1.52 bits per heavy atom. The number of urea groups is 1. The highest BCUT2D eigenvalue weighted by atomic mass is 32.2. The van der Waals surface area contributed by atoms with E-state index in [0.29, 0.717) is 34.3 Å². The van der Waals surface area contributed by atoms with E-state index in [0.717, 1.165) is 5.56 Å². The summed E-state index contributed by atoms with van der Waals surface area (Å²) in [6, 6.07) is 22.4. The quantitative estimate of drug-likeness (QED) is 0.511. The van der Waals surface area contributed by atoms with Crippen LogP contribution in [0.4, 0.5) is 21.9 Å². The van der Waals surface area contributed by atoms with E-state index in [1.807, 2.05) is 37.3 Å². The molecule has 1 aliphatic heterocycles.